The van der Waals surface area contributed by atoms with Gasteiger partial charge < -0.3 is 24.8 Å². The summed E-state index contributed by atoms with van der Waals surface area (Å²) in [5.74, 6) is 0. The Kier molecular flexibility index (Phi) is 3.91. The number of aliphatic hydroxyl groups excluding tert-OH is 3. The van der Waals surface area contributed by atoms with Gasteiger partial charge in [0.15, 0.2) is 0 Å². The summed E-state index contributed by atoms with van der Waals surface area (Å²) in [7, 11) is 0. The van der Waals surface area contributed by atoms with E-state index in [2.05, 4.69) is 4.98 Å². The van der Waals surface area contributed by atoms with Gasteiger partial charge >= 0.3 is 5.69 Å². The standard InChI is InChI=1S/C13H18N2O7/c1-5-3-15(13(20)14-12(5)19)8-2-6-11(22-8)10(18)9(17)7(4-16)21-6/h3,6-11,16-18H,2,4H2,1H3,(H,14,19,20)/t6-,7-,8-,9-,10+,11+/m1/s1. The van der Waals surface area contributed by atoms with Gasteiger partial charge in [0.1, 0.15) is 30.6 Å². The Balaban J connectivity index is 1.87. The zero-order valence-electron chi connectivity index (χ0n) is 11.9. The first-order valence-electron chi connectivity index (χ1n) is 7.02. The smallest absolute Gasteiger partial charge is 0.330 e. The van der Waals surface area contributed by atoms with Crippen LogP contribution in [0.4, 0.5) is 0 Å². The quantitative estimate of drug-likeness (QED) is 0.478. The second kappa shape index (κ2) is 5.60. The van der Waals surface area contributed by atoms with E-state index in [4.69, 9.17) is 14.6 Å². The van der Waals surface area contributed by atoms with Crippen molar-refractivity contribution in [1.82, 2.24) is 9.55 Å². The molecule has 4 N–H and O–H groups in total. The van der Waals surface area contributed by atoms with E-state index in [0.29, 0.717) is 5.56 Å². The van der Waals surface area contributed by atoms with E-state index in [1.807, 2.05) is 0 Å². The zero-order valence-corrected chi connectivity index (χ0v) is 11.9. The molecule has 0 amide bonds. The van der Waals surface area contributed by atoms with Crippen molar-refractivity contribution >= 4 is 0 Å². The van der Waals surface area contributed by atoms with Gasteiger partial charge in [0.05, 0.1) is 12.7 Å². The summed E-state index contributed by atoms with van der Waals surface area (Å²) in [4.78, 5) is 25.5. The van der Waals surface area contributed by atoms with Crippen LogP contribution in [-0.2, 0) is 9.47 Å². The maximum atomic E-state index is 11.9. The number of hydrogen-bond donors (Lipinski definition) is 4. The number of nitrogens with zero attached hydrogens (tertiary/aromatic N) is 1. The lowest BCUT2D eigenvalue weighted by Gasteiger charge is -2.38. The minimum atomic E-state index is -1.26. The first-order chi connectivity index (χ1) is 10.4. The van der Waals surface area contributed by atoms with E-state index in [1.165, 1.54) is 10.8 Å². The molecule has 122 valence electrons. The first kappa shape index (κ1) is 15.4. The Hall–Kier alpha value is -1.52. The molecule has 9 heteroatoms. The predicted octanol–water partition coefficient (Wildman–Crippen LogP) is -2.39. The molecular formula is C13H18N2O7. The largest absolute Gasteiger partial charge is 0.394 e. The van der Waals surface area contributed by atoms with E-state index in [-0.39, 0.29) is 6.42 Å². The third kappa shape index (κ3) is 2.40. The number of nitrogens with one attached hydrogen (secondary N) is 1. The van der Waals surface area contributed by atoms with Crippen molar-refractivity contribution in [2.75, 3.05) is 6.61 Å². The molecule has 2 saturated heterocycles. The Labute approximate surface area is 124 Å². The predicted molar refractivity (Wildman–Crippen MR) is 72.3 cm³/mol. The van der Waals surface area contributed by atoms with Crippen LogP contribution in [0.15, 0.2) is 15.8 Å². The van der Waals surface area contributed by atoms with Gasteiger partial charge in [-0.3, -0.25) is 14.3 Å². The van der Waals surface area contributed by atoms with Gasteiger partial charge in [-0.25, -0.2) is 4.79 Å². The average Bonchev–Trinajstić information content (AvgIpc) is 2.90. The van der Waals surface area contributed by atoms with Gasteiger partial charge in [0.25, 0.3) is 5.56 Å². The molecule has 9 nitrogen and oxygen atoms in total. The molecule has 1 aromatic rings. The highest BCUT2D eigenvalue weighted by Gasteiger charge is 2.50. The summed E-state index contributed by atoms with van der Waals surface area (Å²) in [6.07, 6.45) is -3.82. The van der Waals surface area contributed by atoms with Crippen molar-refractivity contribution in [2.45, 2.75) is 50.1 Å². The van der Waals surface area contributed by atoms with Crippen molar-refractivity contribution in [3.63, 3.8) is 0 Å². The molecule has 0 spiro atoms. The zero-order chi connectivity index (χ0) is 16.0. The summed E-state index contributed by atoms with van der Waals surface area (Å²) >= 11 is 0. The van der Waals surface area contributed by atoms with Crippen LogP contribution in [0.1, 0.15) is 18.2 Å². The topological polar surface area (TPSA) is 134 Å². The molecule has 0 bridgehead atoms. The van der Waals surface area contributed by atoms with Crippen LogP contribution < -0.4 is 11.2 Å². The number of hydrogen-bond acceptors (Lipinski definition) is 7. The highest BCUT2D eigenvalue weighted by atomic mass is 16.6. The van der Waals surface area contributed by atoms with Gasteiger partial charge in [-0.15, -0.1) is 0 Å². The number of aromatic amines is 1. The highest BCUT2D eigenvalue weighted by Crippen LogP contribution is 2.37. The molecule has 2 fully saturated rings. The highest BCUT2D eigenvalue weighted by molar-refractivity contribution is 5.03. The van der Waals surface area contributed by atoms with Crippen molar-refractivity contribution in [3.05, 3.63) is 32.6 Å². The Bertz CT molecular complexity index is 669. The summed E-state index contributed by atoms with van der Waals surface area (Å²) in [6, 6.07) is 0. The van der Waals surface area contributed by atoms with Crippen LogP contribution in [0.25, 0.3) is 0 Å². The molecule has 2 aliphatic heterocycles. The normalized spacial score (nSPS) is 38.0. The van der Waals surface area contributed by atoms with Crippen LogP contribution in [0.5, 0.6) is 0 Å². The van der Waals surface area contributed by atoms with Crippen LogP contribution in [0, 0.1) is 6.92 Å². The van der Waals surface area contributed by atoms with Gasteiger partial charge in [0.2, 0.25) is 0 Å². The lowest BCUT2D eigenvalue weighted by molar-refractivity contribution is -0.220. The lowest BCUT2D eigenvalue weighted by atomic mass is 9.95. The summed E-state index contributed by atoms with van der Waals surface area (Å²) in [5.41, 5.74) is -0.732. The molecule has 3 rings (SSSR count). The summed E-state index contributed by atoms with van der Waals surface area (Å²) in [6.45, 7) is 1.14. The molecule has 0 aliphatic carbocycles. The first-order valence-corrected chi connectivity index (χ1v) is 7.02. The number of H-pyrrole nitrogens is 1. The van der Waals surface area contributed by atoms with E-state index in [9.17, 15) is 19.8 Å². The van der Waals surface area contributed by atoms with Crippen LogP contribution in [-0.4, -0.2) is 62.0 Å². The molecule has 22 heavy (non-hydrogen) atoms. The number of rotatable bonds is 2. The van der Waals surface area contributed by atoms with Crippen molar-refractivity contribution in [3.8, 4) is 0 Å². The number of fused-ring (bicyclic) bond motifs is 1. The minimum absolute atomic E-state index is 0.260. The average molecular weight is 314 g/mol. The number of aryl methyl sites for hydroxylation is 1. The number of aromatic nitrogens is 2. The minimum Gasteiger partial charge on any atom is -0.394 e. The SMILES string of the molecule is Cc1cn([C@H]2C[C@H]3O[C@H](CO)[C@@H](O)[C@H](O)[C@H]3O2)c(=O)[nH]c1=O. The van der Waals surface area contributed by atoms with Gasteiger partial charge in [-0.2, -0.15) is 0 Å². The number of aliphatic hydroxyl groups is 3. The summed E-state index contributed by atoms with van der Waals surface area (Å²) in [5, 5.41) is 29.1. The molecule has 0 unspecified atom stereocenters. The van der Waals surface area contributed by atoms with Crippen molar-refractivity contribution < 1.29 is 24.8 Å². The monoisotopic (exact) mass is 314 g/mol. The molecule has 0 radical (unpaired) electrons. The van der Waals surface area contributed by atoms with Crippen LogP contribution in [0.3, 0.4) is 0 Å². The fourth-order valence-corrected chi connectivity index (χ4v) is 2.94. The van der Waals surface area contributed by atoms with E-state index >= 15 is 0 Å². The van der Waals surface area contributed by atoms with Gasteiger partial charge in [-0.1, -0.05) is 0 Å². The van der Waals surface area contributed by atoms with E-state index in [1.54, 1.807) is 6.92 Å². The Morgan fingerprint density at radius 1 is 1.32 bits per heavy atom. The maximum absolute atomic E-state index is 11.9. The van der Waals surface area contributed by atoms with Gasteiger partial charge in [0, 0.05) is 18.2 Å². The fraction of sp³-hybridized carbons (Fsp3) is 0.692. The second-order valence-electron chi connectivity index (χ2n) is 5.65. The molecule has 2 aliphatic rings. The molecule has 3 heterocycles. The molecule has 6 atom stereocenters. The summed E-state index contributed by atoms with van der Waals surface area (Å²) < 4.78 is 12.4. The van der Waals surface area contributed by atoms with Crippen LogP contribution in [0.2, 0.25) is 0 Å². The van der Waals surface area contributed by atoms with Crippen LogP contribution >= 0.6 is 0 Å². The van der Waals surface area contributed by atoms with E-state index < -0.39 is 54.6 Å². The van der Waals surface area contributed by atoms with Crippen molar-refractivity contribution in [2.24, 2.45) is 0 Å². The molecule has 0 aromatic carbocycles. The fourth-order valence-electron chi connectivity index (χ4n) is 2.94. The van der Waals surface area contributed by atoms with E-state index in [0.717, 1.165) is 0 Å². The maximum Gasteiger partial charge on any atom is 0.330 e. The number of ether oxygens (including phenoxy) is 2. The Morgan fingerprint density at radius 2 is 2.05 bits per heavy atom. The second-order valence-corrected chi connectivity index (χ2v) is 5.65. The molecule has 0 saturated carbocycles. The Morgan fingerprint density at radius 3 is 2.73 bits per heavy atom. The third-order valence-corrected chi connectivity index (χ3v) is 4.17. The van der Waals surface area contributed by atoms with Gasteiger partial charge in [-0.05, 0) is 6.92 Å². The van der Waals surface area contributed by atoms with Crippen molar-refractivity contribution in [1.29, 1.82) is 0 Å². The third-order valence-electron chi connectivity index (χ3n) is 4.17. The molecule has 1 aromatic heterocycles. The molecular weight excluding hydrogens is 296 g/mol. The lowest BCUT2D eigenvalue weighted by Crippen LogP contribution is -2.57.